The molecule has 0 spiro atoms. The van der Waals surface area contributed by atoms with Gasteiger partial charge in [0.25, 0.3) is 0 Å². The highest BCUT2D eigenvalue weighted by Gasteiger charge is 2.51. The first kappa shape index (κ1) is 15.7. The fraction of sp³-hybridized carbons (Fsp3) is 0.550. The Labute approximate surface area is 142 Å². The van der Waals surface area contributed by atoms with Gasteiger partial charge >= 0.3 is 5.97 Å². The lowest BCUT2D eigenvalue weighted by atomic mass is 9.56. The number of phenols is 1. The summed E-state index contributed by atoms with van der Waals surface area (Å²) in [6, 6.07) is 4.06. The number of ether oxygens (including phenoxy) is 1. The van der Waals surface area contributed by atoms with Crippen LogP contribution < -0.4 is 0 Å². The minimum atomic E-state index is -0.709. The second-order valence-electron chi connectivity index (χ2n) is 7.92. The number of cyclic esters (lactones) is 1. The highest BCUT2D eigenvalue weighted by atomic mass is 16.5. The van der Waals surface area contributed by atoms with Gasteiger partial charge in [-0.25, -0.2) is 4.79 Å². The SMILES string of the molecule is CC(C)c1ccc2c(c1O)[C@@H](O)CC1C3=C(CC[C@]21C)C(=O)OC3. The minimum absolute atomic E-state index is 0.0968. The molecule has 1 unspecified atom stereocenters. The molecule has 1 heterocycles. The van der Waals surface area contributed by atoms with E-state index in [1.165, 1.54) is 0 Å². The summed E-state index contributed by atoms with van der Waals surface area (Å²) in [7, 11) is 0. The number of hydrogen-bond acceptors (Lipinski definition) is 4. The van der Waals surface area contributed by atoms with Gasteiger partial charge in [-0.15, -0.1) is 0 Å². The molecule has 0 bridgehead atoms. The molecule has 3 aliphatic rings. The fourth-order valence-electron chi connectivity index (χ4n) is 4.96. The van der Waals surface area contributed by atoms with Gasteiger partial charge < -0.3 is 14.9 Å². The Bertz CT molecular complexity index is 761. The minimum Gasteiger partial charge on any atom is -0.507 e. The molecule has 0 radical (unpaired) electrons. The summed E-state index contributed by atoms with van der Waals surface area (Å²) in [5, 5.41) is 21.5. The predicted octanol–water partition coefficient (Wildman–Crippen LogP) is 3.47. The van der Waals surface area contributed by atoms with Gasteiger partial charge in [-0.1, -0.05) is 32.9 Å². The van der Waals surface area contributed by atoms with Gasteiger partial charge in [0.05, 0.1) is 6.10 Å². The van der Waals surface area contributed by atoms with Crippen molar-refractivity contribution in [1.82, 2.24) is 0 Å². The van der Waals surface area contributed by atoms with Crippen LogP contribution >= 0.6 is 0 Å². The van der Waals surface area contributed by atoms with Gasteiger partial charge in [0, 0.05) is 16.6 Å². The van der Waals surface area contributed by atoms with Gasteiger partial charge in [-0.05, 0) is 47.8 Å². The van der Waals surface area contributed by atoms with E-state index < -0.39 is 6.10 Å². The number of aliphatic hydroxyl groups excluding tert-OH is 1. The maximum atomic E-state index is 11.9. The van der Waals surface area contributed by atoms with Crippen molar-refractivity contribution in [3.05, 3.63) is 40.0 Å². The maximum absolute atomic E-state index is 11.9. The average molecular weight is 328 g/mol. The van der Waals surface area contributed by atoms with Crippen LogP contribution in [0.25, 0.3) is 0 Å². The average Bonchev–Trinajstić information content (AvgIpc) is 2.90. The smallest absolute Gasteiger partial charge is 0.334 e. The zero-order chi connectivity index (χ0) is 17.2. The third kappa shape index (κ3) is 1.92. The molecular weight excluding hydrogens is 304 g/mol. The molecule has 128 valence electrons. The number of rotatable bonds is 1. The second-order valence-corrected chi connectivity index (χ2v) is 7.92. The van der Waals surface area contributed by atoms with Crippen molar-refractivity contribution in [2.45, 2.75) is 57.5 Å². The predicted molar refractivity (Wildman–Crippen MR) is 89.8 cm³/mol. The van der Waals surface area contributed by atoms with Crippen molar-refractivity contribution in [1.29, 1.82) is 0 Å². The monoisotopic (exact) mass is 328 g/mol. The zero-order valence-electron chi connectivity index (χ0n) is 14.4. The first-order valence-corrected chi connectivity index (χ1v) is 8.78. The molecule has 0 aromatic heterocycles. The largest absolute Gasteiger partial charge is 0.507 e. The molecule has 24 heavy (non-hydrogen) atoms. The molecule has 4 heteroatoms. The van der Waals surface area contributed by atoms with Crippen molar-refractivity contribution in [3.63, 3.8) is 0 Å². The summed E-state index contributed by atoms with van der Waals surface area (Å²) in [5.41, 5.74) is 4.30. The van der Waals surface area contributed by atoms with Crippen LogP contribution in [0.3, 0.4) is 0 Å². The van der Waals surface area contributed by atoms with Gasteiger partial charge in [0.1, 0.15) is 12.4 Å². The maximum Gasteiger partial charge on any atom is 0.334 e. The number of carbonyl (C=O) groups is 1. The number of esters is 1. The van der Waals surface area contributed by atoms with E-state index in [0.29, 0.717) is 25.0 Å². The van der Waals surface area contributed by atoms with Crippen molar-refractivity contribution >= 4 is 5.97 Å². The summed E-state index contributed by atoms with van der Waals surface area (Å²) in [5.74, 6) is 0.354. The molecule has 4 rings (SSSR count). The standard InChI is InChI=1S/C20H24O4/c1-10(2)11-4-5-14-17(18(11)22)16(21)8-15-13-9-24-19(23)12(13)6-7-20(14,15)3/h4-5,10,15-16,21-22H,6-9H2,1-3H3/t15?,16-,20+/m0/s1. The first-order chi connectivity index (χ1) is 11.3. The summed E-state index contributed by atoms with van der Waals surface area (Å²) in [6.07, 6.45) is 1.38. The molecular formula is C20H24O4. The van der Waals surface area contributed by atoms with E-state index in [0.717, 1.165) is 28.7 Å². The van der Waals surface area contributed by atoms with Gasteiger partial charge in [-0.2, -0.15) is 0 Å². The second kappa shape index (κ2) is 5.09. The summed E-state index contributed by atoms with van der Waals surface area (Å²) in [4.78, 5) is 11.9. The van der Waals surface area contributed by atoms with E-state index in [9.17, 15) is 15.0 Å². The molecule has 0 saturated carbocycles. The number of carbonyl (C=O) groups excluding carboxylic acids is 1. The highest BCUT2D eigenvalue weighted by molar-refractivity contribution is 5.92. The number of hydrogen-bond donors (Lipinski definition) is 2. The van der Waals surface area contributed by atoms with Crippen LogP contribution in [0, 0.1) is 5.92 Å². The van der Waals surface area contributed by atoms with Crippen LogP contribution in [0.2, 0.25) is 0 Å². The summed E-state index contributed by atoms with van der Waals surface area (Å²) < 4.78 is 5.25. The van der Waals surface area contributed by atoms with E-state index in [1.54, 1.807) is 0 Å². The Morgan fingerprint density at radius 1 is 1.33 bits per heavy atom. The van der Waals surface area contributed by atoms with Crippen molar-refractivity contribution < 1.29 is 19.7 Å². The van der Waals surface area contributed by atoms with Crippen molar-refractivity contribution in [2.24, 2.45) is 5.92 Å². The molecule has 0 fully saturated rings. The topological polar surface area (TPSA) is 66.8 Å². The number of benzene rings is 1. The van der Waals surface area contributed by atoms with Crippen LogP contribution in [0.1, 0.15) is 68.7 Å². The van der Waals surface area contributed by atoms with Crippen LogP contribution in [-0.4, -0.2) is 22.8 Å². The third-order valence-electron chi connectivity index (χ3n) is 6.35. The first-order valence-electron chi connectivity index (χ1n) is 8.78. The van der Waals surface area contributed by atoms with E-state index >= 15 is 0 Å². The molecule has 0 amide bonds. The van der Waals surface area contributed by atoms with Crippen LogP contribution in [0.4, 0.5) is 0 Å². The van der Waals surface area contributed by atoms with Gasteiger partial charge in [0.2, 0.25) is 0 Å². The molecule has 2 aliphatic carbocycles. The van der Waals surface area contributed by atoms with E-state index in [-0.39, 0.29) is 29.0 Å². The van der Waals surface area contributed by atoms with Crippen molar-refractivity contribution in [3.8, 4) is 5.75 Å². The zero-order valence-corrected chi connectivity index (χ0v) is 14.4. The number of aromatic hydroxyl groups is 1. The van der Waals surface area contributed by atoms with Crippen LogP contribution in [0.15, 0.2) is 23.3 Å². The fourth-order valence-corrected chi connectivity index (χ4v) is 4.96. The number of fused-ring (bicyclic) bond motifs is 4. The lowest BCUT2D eigenvalue weighted by Crippen LogP contribution is -2.42. The van der Waals surface area contributed by atoms with E-state index in [4.69, 9.17) is 4.74 Å². The highest BCUT2D eigenvalue weighted by Crippen LogP contribution is 2.57. The Morgan fingerprint density at radius 2 is 2.08 bits per heavy atom. The Kier molecular flexibility index (Phi) is 3.33. The molecule has 2 N–H and O–H groups in total. The quantitative estimate of drug-likeness (QED) is 0.775. The van der Waals surface area contributed by atoms with Crippen LogP contribution in [-0.2, 0) is 14.9 Å². The van der Waals surface area contributed by atoms with Crippen LogP contribution in [0.5, 0.6) is 5.75 Å². The molecule has 3 atom stereocenters. The van der Waals surface area contributed by atoms with Gasteiger partial charge in [0.15, 0.2) is 0 Å². The third-order valence-corrected chi connectivity index (χ3v) is 6.35. The summed E-state index contributed by atoms with van der Waals surface area (Å²) >= 11 is 0. The summed E-state index contributed by atoms with van der Waals surface area (Å²) in [6.45, 7) is 6.64. The molecule has 1 aromatic carbocycles. The Morgan fingerprint density at radius 3 is 2.79 bits per heavy atom. The lowest BCUT2D eigenvalue weighted by Gasteiger charge is -2.48. The molecule has 0 saturated heterocycles. The number of phenolic OH excluding ortho intramolecular Hbond substituents is 1. The molecule has 1 aromatic rings. The molecule has 1 aliphatic heterocycles. The Hall–Kier alpha value is -1.81. The number of aliphatic hydroxyl groups is 1. The lowest BCUT2D eigenvalue weighted by molar-refractivity contribution is -0.136. The van der Waals surface area contributed by atoms with E-state index in [1.807, 2.05) is 19.9 Å². The van der Waals surface area contributed by atoms with Crippen molar-refractivity contribution in [2.75, 3.05) is 6.61 Å². The van der Waals surface area contributed by atoms with Gasteiger partial charge in [-0.3, -0.25) is 0 Å². The Balaban J connectivity index is 1.88. The van der Waals surface area contributed by atoms with E-state index in [2.05, 4.69) is 13.0 Å². The molecule has 4 nitrogen and oxygen atoms in total. The normalized spacial score (nSPS) is 31.6.